The first-order valence-corrected chi connectivity index (χ1v) is 7.26. The number of hydrogen-bond acceptors (Lipinski definition) is 3. The average Bonchev–Trinajstić information content (AvgIpc) is 2.39. The van der Waals surface area contributed by atoms with Crippen molar-refractivity contribution in [2.75, 3.05) is 6.54 Å². The second-order valence-corrected chi connectivity index (χ2v) is 5.04. The summed E-state index contributed by atoms with van der Waals surface area (Å²) in [4.78, 5) is 22.2. The SMILES string of the molecule is CCCC[C@H](N)C(=O)NCCC(CC)CCC(=O)O. The Kier molecular flexibility index (Phi) is 10.2. The van der Waals surface area contributed by atoms with Crippen molar-refractivity contribution in [3.05, 3.63) is 0 Å². The molecule has 0 saturated heterocycles. The average molecular weight is 272 g/mol. The number of nitrogens with two attached hydrogens (primary N) is 1. The normalized spacial score (nSPS) is 13.8. The predicted molar refractivity (Wildman–Crippen MR) is 75.8 cm³/mol. The van der Waals surface area contributed by atoms with Gasteiger partial charge < -0.3 is 16.2 Å². The third-order valence-corrected chi connectivity index (χ3v) is 3.40. The number of amides is 1. The molecule has 0 aliphatic rings. The van der Waals surface area contributed by atoms with Crippen LogP contribution in [-0.4, -0.2) is 29.6 Å². The zero-order valence-electron chi connectivity index (χ0n) is 12.2. The summed E-state index contributed by atoms with van der Waals surface area (Å²) < 4.78 is 0. The Morgan fingerprint density at radius 3 is 2.42 bits per heavy atom. The topological polar surface area (TPSA) is 92.4 Å². The van der Waals surface area contributed by atoms with E-state index in [9.17, 15) is 9.59 Å². The van der Waals surface area contributed by atoms with E-state index in [4.69, 9.17) is 10.8 Å². The van der Waals surface area contributed by atoms with Gasteiger partial charge in [-0.25, -0.2) is 0 Å². The van der Waals surface area contributed by atoms with E-state index in [0.29, 0.717) is 18.9 Å². The van der Waals surface area contributed by atoms with Gasteiger partial charge in [0.05, 0.1) is 6.04 Å². The molecule has 0 radical (unpaired) electrons. The van der Waals surface area contributed by atoms with Gasteiger partial charge in [-0.2, -0.15) is 0 Å². The van der Waals surface area contributed by atoms with E-state index >= 15 is 0 Å². The van der Waals surface area contributed by atoms with Crippen molar-refractivity contribution in [1.82, 2.24) is 5.32 Å². The summed E-state index contributed by atoms with van der Waals surface area (Å²) in [6.07, 6.45) is 5.34. The van der Waals surface area contributed by atoms with E-state index in [1.165, 1.54) is 0 Å². The zero-order chi connectivity index (χ0) is 14.7. The molecule has 0 spiro atoms. The van der Waals surface area contributed by atoms with E-state index in [1.54, 1.807) is 0 Å². The Labute approximate surface area is 115 Å². The first kappa shape index (κ1) is 17.9. The number of aliphatic carboxylic acids is 1. The van der Waals surface area contributed by atoms with Crippen molar-refractivity contribution in [2.24, 2.45) is 11.7 Å². The van der Waals surface area contributed by atoms with Crippen LogP contribution in [0.25, 0.3) is 0 Å². The van der Waals surface area contributed by atoms with Gasteiger partial charge in [-0.15, -0.1) is 0 Å². The standard InChI is InChI=1S/C14H28N2O3/c1-3-5-6-12(15)14(19)16-10-9-11(4-2)7-8-13(17)18/h11-12H,3-10,15H2,1-2H3,(H,16,19)(H,17,18)/t11?,12-/m0/s1. The molecule has 5 heteroatoms. The van der Waals surface area contributed by atoms with Crippen LogP contribution in [0.3, 0.4) is 0 Å². The van der Waals surface area contributed by atoms with E-state index in [2.05, 4.69) is 12.2 Å². The molecular weight excluding hydrogens is 244 g/mol. The molecule has 2 atom stereocenters. The van der Waals surface area contributed by atoms with Gasteiger partial charge >= 0.3 is 5.97 Å². The maximum atomic E-state index is 11.7. The maximum Gasteiger partial charge on any atom is 0.303 e. The van der Waals surface area contributed by atoms with Gasteiger partial charge in [0.15, 0.2) is 0 Å². The molecule has 1 amide bonds. The summed E-state index contributed by atoms with van der Waals surface area (Å²) >= 11 is 0. The fraction of sp³-hybridized carbons (Fsp3) is 0.857. The molecule has 0 aliphatic carbocycles. The van der Waals surface area contributed by atoms with E-state index in [1.807, 2.05) is 6.92 Å². The number of rotatable bonds is 11. The third-order valence-electron chi connectivity index (χ3n) is 3.40. The minimum Gasteiger partial charge on any atom is -0.481 e. The lowest BCUT2D eigenvalue weighted by Crippen LogP contribution is -2.41. The van der Waals surface area contributed by atoms with Crippen molar-refractivity contribution < 1.29 is 14.7 Å². The Morgan fingerprint density at radius 1 is 1.21 bits per heavy atom. The molecule has 0 aliphatic heterocycles. The molecule has 1 unspecified atom stereocenters. The summed E-state index contributed by atoms with van der Waals surface area (Å²) in [5, 5.41) is 11.5. The molecule has 0 aromatic heterocycles. The smallest absolute Gasteiger partial charge is 0.303 e. The quantitative estimate of drug-likeness (QED) is 0.535. The summed E-state index contributed by atoms with van der Waals surface area (Å²) in [5.41, 5.74) is 5.76. The molecule has 112 valence electrons. The van der Waals surface area contributed by atoms with Crippen molar-refractivity contribution in [3.8, 4) is 0 Å². The summed E-state index contributed by atoms with van der Waals surface area (Å²) in [7, 11) is 0. The largest absolute Gasteiger partial charge is 0.481 e. The van der Waals surface area contributed by atoms with Gasteiger partial charge in [-0.05, 0) is 25.2 Å². The second kappa shape index (κ2) is 10.8. The first-order chi connectivity index (χ1) is 9.01. The van der Waals surface area contributed by atoms with Crippen LogP contribution in [0.1, 0.15) is 58.8 Å². The van der Waals surface area contributed by atoms with Crippen LogP contribution in [0.4, 0.5) is 0 Å². The third kappa shape index (κ3) is 9.47. The van der Waals surface area contributed by atoms with E-state index < -0.39 is 12.0 Å². The maximum absolute atomic E-state index is 11.7. The fourth-order valence-electron chi connectivity index (χ4n) is 1.97. The molecule has 5 nitrogen and oxygen atoms in total. The highest BCUT2D eigenvalue weighted by Crippen LogP contribution is 2.14. The number of unbranched alkanes of at least 4 members (excludes halogenated alkanes) is 1. The molecule has 0 bridgehead atoms. The molecule has 0 fully saturated rings. The Balaban J connectivity index is 3.79. The number of carboxylic acid groups (broad SMARTS) is 1. The van der Waals surface area contributed by atoms with Crippen molar-refractivity contribution >= 4 is 11.9 Å². The molecule has 0 aromatic rings. The highest BCUT2D eigenvalue weighted by atomic mass is 16.4. The van der Waals surface area contributed by atoms with Crippen LogP contribution in [0.5, 0.6) is 0 Å². The Bertz CT molecular complexity index is 269. The second-order valence-electron chi connectivity index (χ2n) is 5.04. The minimum absolute atomic E-state index is 0.0958. The number of carbonyl (C=O) groups excluding carboxylic acids is 1. The van der Waals surface area contributed by atoms with Gasteiger partial charge in [0.2, 0.25) is 5.91 Å². The molecule has 0 rings (SSSR count). The van der Waals surface area contributed by atoms with E-state index in [0.717, 1.165) is 32.1 Å². The Morgan fingerprint density at radius 2 is 1.89 bits per heavy atom. The zero-order valence-corrected chi connectivity index (χ0v) is 12.2. The van der Waals surface area contributed by atoms with Gasteiger partial charge in [0, 0.05) is 13.0 Å². The number of carbonyl (C=O) groups is 2. The number of hydrogen-bond donors (Lipinski definition) is 3. The Hall–Kier alpha value is -1.10. The van der Waals surface area contributed by atoms with Crippen LogP contribution in [0.15, 0.2) is 0 Å². The lowest BCUT2D eigenvalue weighted by molar-refractivity contribution is -0.137. The van der Waals surface area contributed by atoms with Crippen LogP contribution in [0.2, 0.25) is 0 Å². The highest BCUT2D eigenvalue weighted by Gasteiger charge is 2.13. The van der Waals surface area contributed by atoms with Crippen molar-refractivity contribution in [2.45, 2.75) is 64.8 Å². The predicted octanol–water partition coefficient (Wildman–Crippen LogP) is 1.90. The summed E-state index contributed by atoms with van der Waals surface area (Å²) in [5.74, 6) is -0.506. The lowest BCUT2D eigenvalue weighted by Gasteiger charge is -2.16. The van der Waals surface area contributed by atoms with Crippen molar-refractivity contribution in [3.63, 3.8) is 0 Å². The van der Waals surface area contributed by atoms with Crippen molar-refractivity contribution in [1.29, 1.82) is 0 Å². The van der Waals surface area contributed by atoms with Crippen LogP contribution >= 0.6 is 0 Å². The number of carboxylic acids is 1. The summed E-state index contributed by atoms with van der Waals surface area (Å²) in [6.45, 7) is 4.69. The molecular formula is C14H28N2O3. The monoisotopic (exact) mass is 272 g/mol. The van der Waals surface area contributed by atoms with Crippen LogP contribution in [0, 0.1) is 5.92 Å². The molecule has 0 aromatic carbocycles. The van der Waals surface area contributed by atoms with Gasteiger partial charge in [0.1, 0.15) is 0 Å². The van der Waals surface area contributed by atoms with Gasteiger partial charge in [-0.1, -0.05) is 33.1 Å². The molecule has 0 heterocycles. The first-order valence-electron chi connectivity index (χ1n) is 7.26. The molecule has 0 saturated carbocycles. The molecule has 19 heavy (non-hydrogen) atoms. The highest BCUT2D eigenvalue weighted by molar-refractivity contribution is 5.81. The van der Waals surface area contributed by atoms with E-state index in [-0.39, 0.29) is 12.3 Å². The minimum atomic E-state index is -0.760. The van der Waals surface area contributed by atoms with Gasteiger partial charge in [-0.3, -0.25) is 9.59 Å². The van der Waals surface area contributed by atoms with Crippen LogP contribution in [-0.2, 0) is 9.59 Å². The van der Waals surface area contributed by atoms with Gasteiger partial charge in [0.25, 0.3) is 0 Å². The summed E-state index contributed by atoms with van der Waals surface area (Å²) in [6, 6.07) is -0.418. The fourth-order valence-corrected chi connectivity index (χ4v) is 1.97. The lowest BCUT2D eigenvalue weighted by atomic mass is 9.96. The van der Waals surface area contributed by atoms with Crippen LogP contribution < -0.4 is 11.1 Å². The molecule has 4 N–H and O–H groups in total. The number of nitrogens with one attached hydrogen (secondary N) is 1.